The van der Waals surface area contributed by atoms with Gasteiger partial charge in [0.05, 0.1) is 11.4 Å². The Morgan fingerprint density at radius 1 is 1.03 bits per heavy atom. The Kier molecular flexibility index (Phi) is 4.37. The quantitative estimate of drug-likeness (QED) is 0.460. The zero-order chi connectivity index (χ0) is 21.9. The van der Waals surface area contributed by atoms with E-state index in [1.807, 2.05) is 0 Å². The number of carbonyl (C=O) groups is 1. The first-order valence-corrected chi connectivity index (χ1v) is 9.63. The van der Waals surface area contributed by atoms with E-state index in [-0.39, 0.29) is 22.4 Å². The molecule has 0 bridgehead atoms. The van der Waals surface area contributed by atoms with Crippen molar-refractivity contribution in [3.8, 4) is 0 Å². The van der Waals surface area contributed by atoms with Gasteiger partial charge in [-0.05, 0) is 41.8 Å². The van der Waals surface area contributed by atoms with Crippen LogP contribution in [0.2, 0.25) is 0 Å². The lowest BCUT2D eigenvalue weighted by Crippen LogP contribution is -2.42. The smallest absolute Gasteiger partial charge is 0.270 e. The second kappa shape index (κ2) is 6.98. The van der Waals surface area contributed by atoms with E-state index in [0.29, 0.717) is 35.2 Å². The van der Waals surface area contributed by atoms with Crippen molar-refractivity contribution < 1.29 is 18.0 Å². The number of H-pyrrole nitrogens is 2. The van der Waals surface area contributed by atoms with E-state index in [1.165, 1.54) is 17.0 Å². The molecular weight excluding hydrogens is 409 g/mol. The maximum atomic E-state index is 14.0. The summed E-state index contributed by atoms with van der Waals surface area (Å²) in [5, 5.41) is 3.99. The lowest BCUT2D eigenvalue weighted by molar-refractivity contribution is 0.0718. The normalized spacial score (nSPS) is 15.9. The first-order valence-electron chi connectivity index (χ1n) is 9.63. The number of fused-ring (bicyclic) bond motifs is 4. The second-order valence-electron chi connectivity index (χ2n) is 7.64. The minimum atomic E-state index is -1.11. The van der Waals surface area contributed by atoms with Crippen molar-refractivity contribution >= 4 is 27.6 Å². The number of benzene rings is 2. The third-order valence-corrected chi connectivity index (χ3v) is 5.76. The standard InChI is InChI=1S/C22H17F3N4O2/c1-29(22(31)17-5-10-4-11(23)2-3-16(10)27-17)19-9-26-8-18-20(19)12-6-14(24)15(25)7-13(12)21(30)28-18/h2-7,19,26-27H,8-9H2,1H3,(H,28,30). The van der Waals surface area contributed by atoms with Crippen molar-refractivity contribution in [3.05, 3.63) is 81.2 Å². The van der Waals surface area contributed by atoms with Crippen molar-refractivity contribution in [2.45, 2.75) is 12.6 Å². The van der Waals surface area contributed by atoms with Crippen LogP contribution in [-0.4, -0.2) is 34.4 Å². The Hall–Kier alpha value is -3.59. The summed E-state index contributed by atoms with van der Waals surface area (Å²) in [6, 6.07) is 7.06. The molecule has 0 radical (unpaired) electrons. The minimum absolute atomic E-state index is 0.0199. The lowest BCUT2D eigenvalue weighted by atomic mass is 9.93. The number of pyridine rings is 1. The molecule has 9 heteroatoms. The van der Waals surface area contributed by atoms with E-state index in [1.54, 1.807) is 19.2 Å². The van der Waals surface area contributed by atoms with Crippen LogP contribution < -0.4 is 10.9 Å². The van der Waals surface area contributed by atoms with Crippen LogP contribution in [0.1, 0.15) is 27.8 Å². The molecule has 2 aromatic heterocycles. The number of nitrogens with zero attached hydrogens (tertiary/aromatic N) is 1. The SMILES string of the molecule is CN(C(=O)c1cc2cc(F)ccc2[nH]1)C1CNCc2[nH]c(=O)c3cc(F)c(F)cc3c21. The topological polar surface area (TPSA) is 81.0 Å². The highest BCUT2D eigenvalue weighted by atomic mass is 19.2. The van der Waals surface area contributed by atoms with Crippen LogP contribution in [0.4, 0.5) is 13.2 Å². The van der Waals surface area contributed by atoms with E-state index in [4.69, 9.17) is 0 Å². The summed E-state index contributed by atoms with van der Waals surface area (Å²) in [4.78, 5) is 32.7. The Bertz CT molecular complexity index is 1430. The fraction of sp³-hybridized carbons (Fsp3) is 0.182. The van der Waals surface area contributed by atoms with E-state index in [9.17, 15) is 22.8 Å². The second-order valence-corrected chi connectivity index (χ2v) is 7.64. The number of amides is 1. The number of nitrogens with one attached hydrogen (secondary N) is 3. The molecule has 1 amide bonds. The van der Waals surface area contributed by atoms with Crippen LogP contribution in [0.25, 0.3) is 21.7 Å². The minimum Gasteiger partial charge on any atom is -0.351 e. The molecule has 0 saturated carbocycles. The summed E-state index contributed by atoms with van der Waals surface area (Å²) >= 11 is 0. The molecule has 1 aliphatic rings. The largest absolute Gasteiger partial charge is 0.351 e. The Labute approximate surface area is 173 Å². The van der Waals surface area contributed by atoms with Crippen molar-refractivity contribution in [3.63, 3.8) is 0 Å². The predicted molar refractivity (Wildman–Crippen MR) is 109 cm³/mol. The van der Waals surface area contributed by atoms with Gasteiger partial charge in [-0.3, -0.25) is 9.59 Å². The summed E-state index contributed by atoms with van der Waals surface area (Å²) in [7, 11) is 1.59. The number of aromatic nitrogens is 2. The number of hydrogen-bond acceptors (Lipinski definition) is 3. The summed E-state index contributed by atoms with van der Waals surface area (Å²) in [6.07, 6.45) is 0. The van der Waals surface area contributed by atoms with Crippen molar-refractivity contribution in [2.75, 3.05) is 13.6 Å². The molecular formula is C22H17F3N4O2. The van der Waals surface area contributed by atoms with E-state index < -0.39 is 29.1 Å². The van der Waals surface area contributed by atoms with Gasteiger partial charge >= 0.3 is 0 Å². The molecule has 1 aliphatic heterocycles. The number of hydrogen-bond donors (Lipinski definition) is 3. The van der Waals surface area contributed by atoms with Crippen LogP contribution in [0, 0.1) is 17.5 Å². The van der Waals surface area contributed by atoms with Crippen LogP contribution in [0.15, 0.2) is 41.2 Å². The molecule has 1 unspecified atom stereocenters. The Morgan fingerprint density at radius 3 is 2.55 bits per heavy atom. The summed E-state index contributed by atoms with van der Waals surface area (Å²) in [6.45, 7) is 0.675. The maximum Gasteiger partial charge on any atom is 0.270 e. The molecule has 158 valence electrons. The molecule has 0 aliphatic carbocycles. The molecule has 1 atom stereocenters. The monoisotopic (exact) mass is 426 g/mol. The van der Waals surface area contributed by atoms with Gasteiger partial charge in [-0.2, -0.15) is 0 Å². The molecule has 3 heterocycles. The van der Waals surface area contributed by atoms with Crippen LogP contribution in [0.3, 0.4) is 0 Å². The van der Waals surface area contributed by atoms with Crippen molar-refractivity contribution in [1.29, 1.82) is 0 Å². The van der Waals surface area contributed by atoms with Gasteiger partial charge in [-0.15, -0.1) is 0 Å². The summed E-state index contributed by atoms with van der Waals surface area (Å²) < 4.78 is 41.3. The third kappa shape index (κ3) is 3.09. The van der Waals surface area contributed by atoms with Crippen LogP contribution >= 0.6 is 0 Å². The molecule has 6 nitrogen and oxygen atoms in total. The molecule has 5 rings (SSSR count). The Balaban J connectivity index is 1.61. The van der Waals surface area contributed by atoms with Gasteiger partial charge < -0.3 is 20.2 Å². The molecule has 0 saturated heterocycles. The number of likely N-dealkylation sites (N-methyl/N-ethyl adjacent to an activating group) is 1. The average molecular weight is 426 g/mol. The highest BCUT2D eigenvalue weighted by Crippen LogP contribution is 2.33. The van der Waals surface area contributed by atoms with Gasteiger partial charge in [0.1, 0.15) is 11.5 Å². The molecule has 0 fully saturated rings. The summed E-state index contributed by atoms with van der Waals surface area (Å²) in [5.41, 5.74) is 1.43. The third-order valence-electron chi connectivity index (χ3n) is 5.76. The fourth-order valence-electron chi connectivity index (χ4n) is 4.23. The molecule has 2 aromatic carbocycles. The van der Waals surface area contributed by atoms with Gasteiger partial charge in [0.2, 0.25) is 0 Å². The highest BCUT2D eigenvalue weighted by Gasteiger charge is 2.31. The molecule has 31 heavy (non-hydrogen) atoms. The number of aromatic amines is 2. The maximum absolute atomic E-state index is 14.0. The van der Waals surface area contributed by atoms with E-state index in [0.717, 1.165) is 12.1 Å². The first kappa shape index (κ1) is 19.4. The van der Waals surface area contributed by atoms with Gasteiger partial charge in [0.25, 0.3) is 11.5 Å². The van der Waals surface area contributed by atoms with Crippen LogP contribution in [0.5, 0.6) is 0 Å². The van der Waals surface area contributed by atoms with Gasteiger partial charge in [0, 0.05) is 42.3 Å². The van der Waals surface area contributed by atoms with E-state index in [2.05, 4.69) is 15.3 Å². The van der Waals surface area contributed by atoms with Gasteiger partial charge in [0.15, 0.2) is 11.6 Å². The predicted octanol–water partition coefficient (Wildman–Crippen LogP) is 3.34. The van der Waals surface area contributed by atoms with Crippen molar-refractivity contribution in [2.24, 2.45) is 0 Å². The number of carbonyl (C=O) groups excluding carboxylic acids is 1. The fourth-order valence-corrected chi connectivity index (χ4v) is 4.23. The van der Waals surface area contributed by atoms with Crippen molar-refractivity contribution in [1.82, 2.24) is 20.2 Å². The van der Waals surface area contributed by atoms with Gasteiger partial charge in [-0.1, -0.05) is 0 Å². The molecule has 4 aromatic rings. The van der Waals surface area contributed by atoms with E-state index >= 15 is 0 Å². The van der Waals surface area contributed by atoms with Crippen LogP contribution in [-0.2, 0) is 6.54 Å². The summed E-state index contributed by atoms with van der Waals surface area (Å²) in [5.74, 6) is -2.95. The average Bonchev–Trinajstić information content (AvgIpc) is 3.17. The lowest BCUT2D eigenvalue weighted by Gasteiger charge is -2.34. The zero-order valence-electron chi connectivity index (χ0n) is 16.4. The highest BCUT2D eigenvalue weighted by molar-refractivity contribution is 5.98. The first-order chi connectivity index (χ1) is 14.8. The number of rotatable bonds is 2. The Morgan fingerprint density at radius 2 is 1.77 bits per heavy atom. The molecule has 3 N–H and O–H groups in total. The zero-order valence-corrected chi connectivity index (χ0v) is 16.4. The van der Waals surface area contributed by atoms with Gasteiger partial charge in [-0.25, -0.2) is 13.2 Å². The number of halogens is 3. The molecule has 0 spiro atoms.